The molecule has 0 aliphatic carbocycles. The van der Waals surface area contributed by atoms with Crippen LogP contribution in [0.4, 0.5) is 0 Å². The molecular formula is C9H18N2O5. The van der Waals surface area contributed by atoms with Crippen molar-refractivity contribution in [3.63, 3.8) is 0 Å². The molecule has 0 spiro atoms. The Morgan fingerprint density at radius 1 is 1.50 bits per heavy atom. The maximum Gasteiger partial charge on any atom is 0.309 e. The number of aliphatic hydroxyl groups is 1. The third kappa shape index (κ3) is 18.4. The Hall–Kier alpha value is -1.44. The van der Waals surface area contributed by atoms with Gasteiger partial charge in [0, 0.05) is 6.54 Å². The molecule has 0 radical (unpaired) electrons. The van der Waals surface area contributed by atoms with E-state index < -0.39 is 18.2 Å². The molecular weight excluding hydrogens is 216 g/mol. The van der Waals surface area contributed by atoms with Crippen molar-refractivity contribution in [3.05, 3.63) is 12.7 Å². The van der Waals surface area contributed by atoms with Crippen LogP contribution in [0.2, 0.25) is 0 Å². The Balaban J connectivity index is 0. The Morgan fingerprint density at radius 3 is 2.31 bits per heavy atom. The van der Waals surface area contributed by atoms with Gasteiger partial charge in [-0.05, 0) is 0 Å². The van der Waals surface area contributed by atoms with E-state index in [0.29, 0.717) is 6.54 Å². The average molecular weight is 234 g/mol. The lowest BCUT2D eigenvalue weighted by atomic mass is 10.4. The molecule has 0 saturated carbocycles. The average Bonchev–Trinajstić information content (AvgIpc) is 2.16. The zero-order valence-electron chi connectivity index (χ0n) is 8.96. The van der Waals surface area contributed by atoms with Crippen LogP contribution in [0, 0.1) is 0 Å². The summed E-state index contributed by atoms with van der Waals surface area (Å²) in [4.78, 5) is 20.5. The monoisotopic (exact) mass is 234 g/mol. The minimum Gasteiger partial charge on any atom is -0.481 e. The number of nitrogens with two attached hydrogens (primary N) is 2. The molecule has 0 bridgehead atoms. The number of esters is 1. The molecule has 0 aromatic rings. The molecule has 7 heteroatoms. The summed E-state index contributed by atoms with van der Waals surface area (Å²) in [6.45, 7) is 3.74. The van der Waals surface area contributed by atoms with Crippen LogP contribution >= 0.6 is 0 Å². The van der Waals surface area contributed by atoms with Gasteiger partial charge in [0.1, 0.15) is 12.8 Å². The summed E-state index contributed by atoms with van der Waals surface area (Å²) in [5, 5.41) is 16.6. The van der Waals surface area contributed by atoms with Crippen LogP contribution < -0.4 is 11.5 Å². The maximum absolute atomic E-state index is 10.6. The van der Waals surface area contributed by atoms with E-state index in [1.54, 1.807) is 6.08 Å². The molecule has 0 saturated heterocycles. The Morgan fingerprint density at radius 2 is 2.00 bits per heavy atom. The van der Waals surface area contributed by atoms with Gasteiger partial charge in [-0.2, -0.15) is 0 Å². The highest BCUT2D eigenvalue weighted by Gasteiger charge is 2.07. The van der Waals surface area contributed by atoms with E-state index in [1.165, 1.54) is 0 Å². The highest BCUT2D eigenvalue weighted by Crippen LogP contribution is 1.90. The molecule has 0 heterocycles. The minimum atomic E-state index is -1.25. The van der Waals surface area contributed by atoms with Crippen molar-refractivity contribution in [2.75, 3.05) is 13.2 Å². The lowest BCUT2D eigenvalue weighted by Gasteiger charge is -2.04. The summed E-state index contributed by atoms with van der Waals surface area (Å²) in [5.41, 5.74) is 9.77. The summed E-state index contributed by atoms with van der Waals surface area (Å²) in [7, 11) is 0. The molecule has 94 valence electrons. The van der Waals surface area contributed by atoms with E-state index in [0.717, 1.165) is 0 Å². The fourth-order valence-electron chi connectivity index (χ4n) is 0.482. The lowest BCUT2D eigenvalue weighted by molar-refractivity contribution is -0.148. The SMILES string of the molecule is C=CCN.NC(O)CC(=O)OCCC(=O)O. The molecule has 16 heavy (non-hydrogen) atoms. The molecule has 1 atom stereocenters. The van der Waals surface area contributed by atoms with Gasteiger partial charge in [-0.25, -0.2) is 0 Å². The number of rotatable bonds is 6. The first kappa shape index (κ1) is 17.0. The van der Waals surface area contributed by atoms with Gasteiger partial charge in [0.05, 0.1) is 12.8 Å². The number of ether oxygens (including phenoxy) is 1. The number of carbonyl (C=O) groups excluding carboxylic acids is 1. The molecule has 0 rings (SSSR count). The molecule has 0 aliphatic rings. The first-order valence-corrected chi connectivity index (χ1v) is 4.56. The van der Waals surface area contributed by atoms with Gasteiger partial charge >= 0.3 is 11.9 Å². The highest BCUT2D eigenvalue weighted by atomic mass is 16.5. The van der Waals surface area contributed by atoms with Gasteiger partial charge in [-0.15, -0.1) is 6.58 Å². The summed E-state index contributed by atoms with van der Waals surface area (Å²) in [6, 6.07) is 0. The number of aliphatic hydroxyl groups excluding tert-OH is 1. The van der Waals surface area contributed by atoms with E-state index in [-0.39, 0.29) is 19.4 Å². The molecule has 0 fully saturated rings. The molecule has 0 aromatic carbocycles. The number of carboxylic acid groups (broad SMARTS) is 1. The van der Waals surface area contributed by atoms with Crippen molar-refractivity contribution in [3.8, 4) is 0 Å². The van der Waals surface area contributed by atoms with E-state index >= 15 is 0 Å². The highest BCUT2D eigenvalue weighted by molar-refractivity contribution is 5.71. The zero-order chi connectivity index (χ0) is 13.0. The fourth-order valence-corrected chi connectivity index (χ4v) is 0.482. The van der Waals surface area contributed by atoms with Crippen molar-refractivity contribution in [1.82, 2.24) is 0 Å². The normalized spacial score (nSPS) is 10.7. The van der Waals surface area contributed by atoms with Crippen molar-refractivity contribution < 1.29 is 24.5 Å². The quantitative estimate of drug-likeness (QED) is 0.257. The van der Waals surface area contributed by atoms with Crippen LogP contribution in [-0.4, -0.2) is 41.5 Å². The Labute approximate surface area is 93.7 Å². The van der Waals surface area contributed by atoms with Gasteiger partial charge in [0.15, 0.2) is 0 Å². The predicted octanol–water partition coefficient (Wildman–Crippen LogP) is -1.20. The fraction of sp³-hybridized carbons (Fsp3) is 0.556. The molecule has 6 N–H and O–H groups in total. The second kappa shape index (κ2) is 11.6. The predicted molar refractivity (Wildman–Crippen MR) is 57.3 cm³/mol. The third-order valence-corrected chi connectivity index (χ3v) is 1.12. The molecule has 0 amide bonds. The largest absolute Gasteiger partial charge is 0.481 e. The van der Waals surface area contributed by atoms with Gasteiger partial charge < -0.3 is 26.4 Å². The van der Waals surface area contributed by atoms with Crippen LogP contribution in [0.15, 0.2) is 12.7 Å². The second-order valence-corrected chi connectivity index (χ2v) is 2.66. The van der Waals surface area contributed by atoms with E-state index in [1.807, 2.05) is 0 Å². The topological polar surface area (TPSA) is 136 Å². The third-order valence-electron chi connectivity index (χ3n) is 1.12. The number of aliphatic carboxylic acids is 1. The standard InChI is InChI=1S/C6H11NO5.C3H7N/c7-4(8)3-6(11)12-2-1-5(9)10;1-2-3-4/h4,8H,1-3,7H2,(H,9,10);2H,1,3-4H2. The minimum absolute atomic E-state index is 0.194. The van der Waals surface area contributed by atoms with Gasteiger partial charge in [-0.1, -0.05) is 6.08 Å². The van der Waals surface area contributed by atoms with Gasteiger partial charge in [0.2, 0.25) is 0 Å². The van der Waals surface area contributed by atoms with Crippen LogP contribution in [0.5, 0.6) is 0 Å². The number of carboxylic acids is 1. The summed E-state index contributed by atoms with van der Waals surface area (Å²) < 4.78 is 4.40. The summed E-state index contributed by atoms with van der Waals surface area (Å²) in [5.74, 6) is -1.75. The Bertz CT molecular complexity index is 218. The molecule has 7 nitrogen and oxygen atoms in total. The lowest BCUT2D eigenvalue weighted by Crippen LogP contribution is -2.24. The maximum atomic E-state index is 10.6. The smallest absolute Gasteiger partial charge is 0.309 e. The van der Waals surface area contributed by atoms with Crippen LogP contribution in [-0.2, 0) is 14.3 Å². The molecule has 0 aromatic heterocycles. The van der Waals surface area contributed by atoms with Crippen molar-refractivity contribution in [1.29, 1.82) is 0 Å². The van der Waals surface area contributed by atoms with E-state index in [9.17, 15) is 9.59 Å². The van der Waals surface area contributed by atoms with Crippen molar-refractivity contribution >= 4 is 11.9 Å². The number of hydrogen-bond acceptors (Lipinski definition) is 6. The van der Waals surface area contributed by atoms with Crippen LogP contribution in [0.25, 0.3) is 0 Å². The first-order valence-electron chi connectivity index (χ1n) is 4.56. The molecule has 1 unspecified atom stereocenters. The van der Waals surface area contributed by atoms with Gasteiger partial charge in [-0.3, -0.25) is 9.59 Å². The van der Waals surface area contributed by atoms with E-state index in [2.05, 4.69) is 11.3 Å². The van der Waals surface area contributed by atoms with E-state index in [4.69, 9.17) is 21.7 Å². The van der Waals surface area contributed by atoms with Crippen LogP contribution in [0.3, 0.4) is 0 Å². The summed E-state index contributed by atoms with van der Waals surface area (Å²) >= 11 is 0. The number of carbonyl (C=O) groups is 2. The van der Waals surface area contributed by atoms with Crippen molar-refractivity contribution in [2.45, 2.75) is 19.1 Å². The number of hydrogen-bond donors (Lipinski definition) is 4. The molecule has 0 aliphatic heterocycles. The van der Waals surface area contributed by atoms with Crippen LogP contribution in [0.1, 0.15) is 12.8 Å². The Kier molecular flexibility index (Phi) is 12.3. The second-order valence-electron chi connectivity index (χ2n) is 2.66. The zero-order valence-corrected chi connectivity index (χ0v) is 8.96. The first-order chi connectivity index (χ1) is 7.43. The van der Waals surface area contributed by atoms with Crippen molar-refractivity contribution in [2.24, 2.45) is 11.5 Å². The van der Waals surface area contributed by atoms with Gasteiger partial charge in [0.25, 0.3) is 0 Å². The summed E-state index contributed by atoms with van der Waals surface area (Å²) in [6.07, 6.45) is -0.159.